The van der Waals surface area contributed by atoms with Gasteiger partial charge in [-0.3, -0.25) is 9.59 Å². The molecule has 6 heteroatoms. The number of nitrogens with zero attached hydrogens (tertiary/aromatic N) is 2. The molecule has 162 valence electrons. The fraction of sp³-hybridized carbons (Fsp3) is 0.154. The van der Waals surface area contributed by atoms with Gasteiger partial charge < -0.3 is 0 Å². The summed E-state index contributed by atoms with van der Waals surface area (Å²) in [7, 11) is 0. The molecule has 3 rings (SSSR count). The maximum absolute atomic E-state index is 12.4. The molecule has 0 fully saturated rings. The second kappa shape index (κ2) is 10.3. The summed E-state index contributed by atoms with van der Waals surface area (Å²) < 4.78 is 0. The molecule has 2 amide bonds. The molecule has 0 unspecified atom stereocenters. The molecule has 0 spiro atoms. The Morgan fingerprint density at radius 2 is 0.812 bits per heavy atom. The van der Waals surface area contributed by atoms with Crippen LogP contribution in [0, 0.1) is 13.8 Å². The molecule has 3 aromatic carbocycles. The largest absolute Gasteiger partial charge is 0.271 e. The average molecular weight is 427 g/mol. The number of hydrazone groups is 2. The number of benzene rings is 3. The van der Waals surface area contributed by atoms with Gasteiger partial charge in [-0.25, -0.2) is 10.9 Å². The smallest absolute Gasteiger partial charge is 0.267 e. The Morgan fingerprint density at radius 3 is 1.12 bits per heavy atom. The highest BCUT2D eigenvalue weighted by molar-refractivity contribution is 6.02. The Balaban J connectivity index is 1.59. The van der Waals surface area contributed by atoms with Crippen molar-refractivity contribution in [3.8, 4) is 0 Å². The van der Waals surface area contributed by atoms with Crippen molar-refractivity contribution in [3.63, 3.8) is 0 Å². The van der Waals surface area contributed by atoms with Crippen molar-refractivity contribution < 1.29 is 9.59 Å². The van der Waals surface area contributed by atoms with E-state index in [4.69, 9.17) is 0 Å². The van der Waals surface area contributed by atoms with Gasteiger partial charge in [0.1, 0.15) is 0 Å². The van der Waals surface area contributed by atoms with Gasteiger partial charge in [-0.15, -0.1) is 0 Å². The SMILES string of the molecule is C/C(=N\NC(=O)c1ccc(C(=O)N/N=C(\C)c2ccc(C)cc2)cc1)c1ccc(C)cc1. The monoisotopic (exact) mass is 426 g/mol. The number of rotatable bonds is 6. The number of aryl methyl sites for hydroxylation is 2. The molecule has 2 N–H and O–H groups in total. The van der Waals surface area contributed by atoms with E-state index >= 15 is 0 Å². The number of hydrogen-bond donors (Lipinski definition) is 2. The second-order valence-corrected chi connectivity index (χ2v) is 7.59. The van der Waals surface area contributed by atoms with E-state index in [0.717, 1.165) is 22.3 Å². The molecule has 0 aromatic heterocycles. The van der Waals surface area contributed by atoms with E-state index in [9.17, 15) is 9.59 Å². The molecule has 0 saturated heterocycles. The van der Waals surface area contributed by atoms with E-state index in [0.29, 0.717) is 22.6 Å². The van der Waals surface area contributed by atoms with Gasteiger partial charge in [0.05, 0.1) is 11.4 Å². The van der Waals surface area contributed by atoms with Crippen LogP contribution >= 0.6 is 0 Å². The van der Waals surface area contributed by atoms with Crippen LogP contribution in [0.3, 0.4) is 0 Å². The predicted octanol–water partition coefficient (Wildman–Crippen LogP) is 4.61. The fourth-order valence-corrected chi connectivity index (χ4v) is 2.89. The molecule has 0 aliphatic rings. The standard InChI is InChI=1S/C26H26N4O2/c1-17-5-9-21(10-6-17)19(3)27-29-25(31)23-13-15-24(16-14-23)26(32)30-28-20(4)22-11-7-18(2)8-12-22/h5-16H,1-4H3,(H,29,31)(H,30,32)/b27-19+,28-20+. The normalized spacial score (nSPS) is 11.8. The minimum Gasteiger partial charge on any atom is -0.267 e. The number of carbonyl (C=O) groups excluding carboxylic acids is 2. The summed E-state index contributed by atoms with van der Waals surface area (Å²) in [5.41, 5.74) is 11.5. The third-order valence-corrected chi connectivity index (χ3v) is 5.00. The summed E-state index contributed by atoms with van der Waals surface area (Å²) in [6.45, 7) is 7.69. The lowest BCUT2D eigenvalue weighted by molar-refractivity contribution is 0.0943. The van der Waals surface area contributed by atoms with Gasteiger partial charge in [0.15, 0.2) is 0 Å². The first-order valence-electron chi connectivity index (χ1n) is 10.3. The Bertz CT molecular complexity index is 1070. The molecular weight excluding hydrogens is 400 g/mol. The van der Waals surface area contributed by atoms with Crippen LogP contribution in [0.2, 0.25) is 0 Å². The van der Waals surface area contributed by atoms with Crippen molar-refractivity contribution in [2.45, 2.75) is 27.7 Å². The van der Waals surface area contributed by atoms with E-state index < -0.39 is 0 Å². The van der Waals surface area contributed by atoms with Crippen molar-refractivity contribution in [3.05, 3.63) is 106 Å². The summed E-state index contributed by atoms with van der Waals surface area (Å²) >= 11 is 0. The Kier molecular flexibility index (Phi) is 7.29. The zero-order chi connectivity index (χ0) is 23.1. The van der Waals surface area contributed by atoms with Crippen molar-refractivity contribution in [2.75, 3.05) is 0 Å². The molecule has 0 radical (unpaired) electrons. The van der Waals surface area contributed by atoms with Gasteiger partial charge in [-0.1, -0.05) is 59.7 Å². The highest BCUT2D eigenvalue weighted by Gasteiger charge is 2.09. The Labute approximate surface area is 188 Å². The lowest BCUT2D eigenvalue weighted by Gasteiger charge is -2.06. The van der Waals surface area contributed by atoms with E-state index in [1.807, 2.05) is 76.2 Å². The highest BCUT2D eigenvalue weighted by Crippen LogP contribution is 2.08. The summed E-state index contributed by atoms with van der Waals surface area (Å²) in [5, 5.41) is 8.32. The molecule has 0 saturated carbocycles. The van der Waals surface area contributed by atoms with Gasteiger partial charge in [0.2, 0.25) is 0 Å². The zero-order valence-electron chi connectivity index (χ0n) is 18.6. The molecule has 6 nitrogen and oxygen atoms in total. The van der Waals surface area contributed by atoms with Crippen LogP contribution in [0.4, 0.5) is 0 Å². The molecule has 0 atom stereocenters. The van der Waals surface area contributed by atoms with E-state index in [-0.39, 0.29) is 11.8 Å². The predicted molar refractivity (Wildman–Crippen MR) is 128 cm³/mol. The minimum atomic E-state index is -0.350. The second-order valence-electron chi connectivity index (χ2n) is 7.59. The van der Waals surface area contributed by atoms with E-state index in [2.05, 4.69) is 21.1 Å². The fourth-order valence-electron chi connectivity index (χ4n) is 2.89. The summed E-state index contributed by atoms with van der Waals surface area (Å²) in [6.07, 6.45) is 0. The molecular formula is C26H26N4O2. The van der Waals surface area contributed by atoms with Crippen molar-refractivity contribution in [1.82, 2.24) is 10.9 Å². The first kappa shape index (κ1) is 22.6. The Morgan fingerprint density at radius 1 is 0.531 bits per heavy atom. The number of hydrogen-bond acceptors (Lipinski definition) is 4. The third-order valence-electron chi connectivity index (χ3n) is 5.00. The zero-order valence-corrected chi connectivity index (χ0v) is 18.6. The lowest BCUT2D eigenvalue weighted by Crippen LogP contribution is -2.21. The van der Waals surface area contributed by atoms with Crippen LogP contribution in [0.5, 0.6) is 0 Å². The minimum absolute atomic E-state index is 0.350. The van der Waals surface area contributed by atoms with Crippen LogP contribution in [0.1, 0.15) is 56.8 Å². The summed E-state index contributed by atoms with van der Waals surface area (Å²) in [6, 6.07) is 22.1. The van der Waals surface area contributed by atoms with Crippen LogP contribution < -0.4 is 10.9 Å². The number of carbonyl (C=O) groups is 2. The lowest BCUT2D eigenvalue weighted by atomic mass is 10.1. The number of nitrogens with one attached hydrogen (secondary N) is 2. The summed E-state index contributed by atoms with van der Waals surface area (Å²) in [4.78, 5) is 24.7. The Hall–Kier alpha value is -4.06. The topological polar surface area (TPSA) is 82.9 Å². The van der Waals surface area contributed by atoms with Crippen LogP contribution in [0.25, 0.3) is 0 Å². The van der Waals surface area contributed by atoms with Gasteiger partial charge >= 0.3 is 0 Å². The highest BCUT2D eigenvalue weighted by atomic mass is 16.2. The van der Waals surface area contributed by atoms with Gasteiger partial charge in [-0.2, -0.15) is 10.2 Å². The molecule has 3 aromatic rings. The molecule has 0 bridgehead atoms. The maximum Gasteiger partial charge on any atom is 0.271 e. The van der Waals surface area contributed by atoms with E-state index in [1.165, 1.54) is 0 Å². The van der Waals surface area contributed by atoms with Crippen molar-refractivity contribution >= 4 is 23.2 Å². The average Bonchev–Trinajstić information content (AvgIpc) is 2.81. The molecule has 0 aliphatic carbocycles. The van der Waals surface area contributed by atoms with Gasteiger partial charge in [0.25, 0.3) is 11.8 Å². The third kappa shape index (κ3) is 5.98. The van der Waals surface area contributed by atoms with Crippen LogP contribution in [-0.2, 0) is 0 Å². The maximum atomic E-state index is 12.4. The quantitative estimate of drug-likeness (QED) is 0.446. The summed E-state index contributed by atoms with van der Waals surface area (Å²) in [5.74, 6) is -0.701. The van der Waals surface area contributed by atoms with Crippen LogP contribution in [0.15, 0.2) is 83.0 Å². The first-order chi connectivity index (χ1) is 15.3. The molecule has 0 heterocycles. The van der Waals surface area contributed by atoms with Gasteiger partial charge in [-0.05, 0) is 63.1 Å². The first-order valence-corrected chi connectivity index (χ1v) is 10.3. The molecule has 0 aliphatic heterocycles. The van der Waals surface area contributed by atoms with Gasteiger partial charge in [0, 0.05) is 11.1 Å². The van der Waals surface area contributed by atoms with Crippen molar-refractivity contribution in [1.29, 1.82) is 0 Å². The molecule has 32 heavy (non-hydrogen) atoms. The van der Waals surface area contributed by atoms with Crippen molar-refractivity contribution in [2.24, 2.45) is 10.2 Å². The van der Waals surface area contributed by atoms with Crippen LogP contribution in [-0.4, -0.2) is 23.2 Å². The number of amides is 2. The van der Waals surface area contributed by atoms with E-state index in [1.54, 1.807) is 24.3 Å².